The van der Waals surface area contributed by atoms with Crippen molar-refractivity contribution in [3.8, 4) is 0 Å². The predicted octanol–water partition coefficient (Wildman–Crippen LogP) is 2.07. The summed E-state index contributed by atoms with van der Waals surface area (Å²) in [6.45, 7) is 2.42. The second-order valence-corrected chi connectivity index (χ2v) is 6.00. The first-order valence-electron chi connectivity index (χ1n) is 6.57. The largest absolute Gasteiger partial charge is 0.355 e. The van der Waals surface area contributed by atoms with Gasteiger partial charge in [0.2, 0.25) is 11.8 Å². The Hall–Kier alpha value is -1.95. The highest BCUT2D eigenvalue weighted by Gasteiger charge is 2.25. The average Bonchev–Trinajstić information content (AvgIpc) is 2.83. The van der Waals surface area contributed by atoms with Gasteiger partial charge in [-0.1, -0.05) is 23.5 Å². The second kappa shape index (κ2) is 5.20. The number of thiazole rings is 1. The van der Waals surface area contributed by atoms with E-state index < -0.39 is 0 Å². The van der Waals surface area contributed by atoms with Gasteiger partial charge in [0.15, 0.2) is 5.13 Å². The number of aryl methyl sites for hydroxylation is 1. The third kappa shape index (κ3) is 2.51. The number of amides is 2. The maximum Gasteiger partial charge on any atom is 0.231 e. The lowest BCUT2D eigenvalue weighted by atomic mass is 9.98. The molecule has 0 spiro atoms. The van der Waals surface area contributed by atoms with Crippen LogP contribution in [0.3, 0.4) is 0 Å². The van der Waals surface area contributed by atoms with Crippen molar-refractivity contribution in [1.82, 2.24) is 10.3 Å². The molecule has 0 aliphatic carbocycles. The van der Waals surface area contributed by atoms with E-state index in [1.807, 2.05) is 25.1 Å². The zero-order chi connectivity index (χ0) is 14.1. The van der Waals surface area contributed by atoms with Crippen molar-refractivity contribution >= 4 is 38.5 Å². The summed E-state index contributed by atoms with van der Waals surface area (Å²) in [5.74, 6) is -0.216. The third-order valence-corrected chi connectivity index (χ3v) is 4.42. The summed E-state index contributed by atoms with van der Waals surface area (Å²) in [6, 6.07) is 5.99. The number of hydrogen-bond donors (Lipinski definition) is 2. The first-order valence-corrected chi connectivity index (χ1v) is 7.39. The summed E-state index contributed by atoms with van der Waals surface area (Å²) in [7, 11) is 0. The van der Waals surface area contributed by atoms with E-state index in [4.69, 9.17) is 0 Å². The number of fused-ring (bicyclic) bond motifs is 1. The fourth-order valence-corrected chi connectivity index (χ4v) is 3.25. The van der Waals surface area contributed by atoms with Gasteiger partial charge in [-0.25, -0.2) is 4.98 Å². The van der Waals surface area contributed by atoms with Gasteiger partial charge in [0.1, 0.15) is 0 Å². The zero-order valence-corrected chi connectivity index (χ0v) is 11.9. The topological polar surface area (TPSA) is 71.1 Å². The Labute approximate surface area is 120 Å². The van der Waals surface area contributed by atoms with Crippen LogP contribution in [0.15, 0.2) is 18.2 Å². The van der Waals surface area contributed by atoms with Crippen molar-refractivity contribution in [2.45, 2.75) is 19.8 Å². The Morgan fingerprint density at radius 2 is 2.35 bits per heavy atom. The standard InChI is InChI=1S/C14H15N3O2S/c1-8-3-2-4-10-12(8)16-14(20-10)17-13(19)9-5-6-11(18)15-7-9/h2-4,9H,5-7H2,1H3,(H,15,18)(H,16,17,19). The van der Waals surface area contributed by atoms with Crippen LogP contribution in [0.2, 0.25) is 0 Å². The number of carbonyl (C=O) groups is 2. The van der Waals surface area contributed by atoms with Crippen molar-refractivity contribution in [1.29, 1.82) is 0 Å². The van der Waals surface area contributed by atoms with E-state index in [0.29, 0.717) is 24.5 Å². The average molecular weight is 289 g/mol. The Kier molecular flexibility index (Phi) is 3.40. The molecule has 5 nitrogen and oxygen atoms in total. The molecule has 1 aliphatic heterocycles. The minimum absolute atomic E-state index is 0.0182. The molecular weight excluding hydrogens is 274 g/mol. The van der Waals surface area contributed by atoms with Crippen LogP contribution >= 0.6 is 11.3 Å². The van der Waals surface area contributed by atoms with E-state index in [1.54, 1.807) is 0 Å². The van der Waals surface area contributed by atoms with E-state index in [1.165, 1.54) is 11.3 Å². The van der Waals surface area contributed by atoms with Gasteiger partial charge in [0, 0.05) is 13.0 Å². The van der Waals surface area contributed by atoms with Crippen LogP contribution in [0.4, 0.5) is 5.13 Å². The molecule has 1 aliphatic rings. The van der Waals surface area contributed by atoms with Crippen LogP contribution in [0, 0.1) is 12.8 Å². The molecule has 6 heteroatoms. The molecule has 0 bridgehead atoms. The molecule has 1 fully saturated rings. The van der Waals surface area contributed by atoms with Crippen LogP contribution in [-0.4, -0.2) is 23.3 Å². The molecule has 2 aromatic rings. The molecule has 2 amide bonds. The van der Waals surface area contributed by atoms with E-state index in [0.717, 1.165) is 15.8 Å². The Morgan fingerprint density at radius 3 is 3.05 bits per heavy atom. The lowest BCUT2D eigenvalue weighted by molar-refractivity contribution is -0.126. The van der Waals surface area contributed by atoms with Gasteiger partial charge in [0.25, 0.3) is 0 Å². The van der Waals surface area contributed by atoms with E-state index >= 15 is 0 Å². The quantitative estimate of drug-likeness (QED) is 0.889. The summed E-state index contributed by atoms with van der Waals surface area (Å²) in [6.07, 6.45) is 1.01. The Bertz CT molecular complexity index is 670. The van der Waals surface area contributed by atoms with Gasteiger partial charge in [-0.3, -0.25) is 9.59 Å². The molecular formula is C14H15N3O2S. The lowest BCUT2D eigenvalue weighted by Gasteiger charge is -2.20. The second-order valence-electron chi connectivity index (χ2n) is 4.97. The van der Waals surface area contributed by atoms with Crippen LogP contribution in [0.1, 0.15) is 18.4 Å². The number of benzene rings is 1. The smallest absolute Gasteiger partial charge is 0.231 e. The molecule has 1 saturated heterocycles. The van der Waals surface area contributed by atoms with Gasteiger partial charge in [-0.15, -0.1) is 0 Å². The van der Waals surface area contributed by atoms with Crippen LogP contribution in [0.5, 0.6) is 0 Å². The predicted molar refractivity (Wildman–Crippen MR) is 78.7 cm³/mol. The highest BCUT2D eigenvalue weighted by atomic mass is 32.1. The van der Waals surface area contributed by atoms with Gasteiger partial charge in [-0.05, 0) is 25.0 Å². The van der Waals surface area contributed by atoms with Crippen LogP contribution < -0.4 is 10.6 Å². The van der Waals surface area contributed by atoms with Crippen LogP contribution in [-0.2, 0) is 9.59 Å². The van der Waals surface area contributed by atoms with Crippen molar-refractivity contribution in [2.24, 2.45) is 5.92 Å². The highest BCUT2D eigenvalue weighted by molar-refractivity contribution is 7.22. The molecule has 20 heavy (non-hydrogen) atoms. The summed E-state index contributed by atoms with van der Waals surface area (Å²) in [5, 5.41) is 6.20. The van der Waals surface area contributed by atoms with E-state index in [2.05, 4.69) is 15.6 Å². The minimum atomic E-state index is -0.166. The van der Waals surface area contributed by atoms with Crippen molar-refractivity contribution in [3.63, 3.8) is 0 Å². The molecule has 1 unspecified atom stereocenters. The number of hydrogen-bond acceptors (Lipinski definition) is 4. The van der Waals surface area contributed by atoms with Crippen molar-refractivity contribution in [3.05, 3.63) is 23.8 Å². The number of nitrogens with zero attached hydrogens (tertiary/aromatic N) is 1. The Balaban J connectivity index is 1.74. The minimum Gasteiger partial charge on any atom is -0.355 e. The SMILES string of the molecule is Cc1cccc2sc(NC(=O)C3CCC(=O)NC3)nc12. The monoisotopic (exact) mass is 289 g/mol. The molecule has 1 aromatic heterocycles. The number of rotatable bonds is 2. The van der Waals surface area contributed by atoms with Gasteiger partial charge >= 0.3 is 0 Å². The van der Waals surface area contributed by atoms with Gasteiger partial charge in [-0.2, -0.15) is 0 Å². The summed E-state index contributed by atoms with van der Waals surface area (Å²) < 4.78 is 1.07. The van der Waals surface area contributed by atoms with Crippen LogP contribution in [0.25, 0.3) is 10.2 Å². The Morgan fingerprint density at radius 1 is 1.50 bits per heavy atom. The number of nitrogens with one attached hydrogen (secondary N) is 2. The van der Waals surface area contributed by atoms with Gasteiger partial charge in [0.05, 0.1) is 16.1 Å². The maximum atomic E-state index is 12.1. The normalized spacial score (nSPS) is 18.9. The number of aromatic nitrogens is 1. The first-order chi connectivity index (χ1) is 9.63. The number of para-hydroxylation sites is 1. The molecule has 1 atom stereocenters. The fraction of sp³-hybridized carbons (Fsp3) is 0.357. The molecule has 1 aromatic carbocycles. The van der Waals surface area contributed by atoms with Crippen molar-refractivity contribution in [2.75, 3.05) is 11.9 Å². The third-order valence-electron chi connectivity index (χ3n) is 3.49. The molecule has 104 valence electrons. The summed E-state index contributed by atoms with van der Waals surface area (Å²) in [5.41, 5.74) is 2.04. The van der Waals surface area contributed by atoms with E-state index in [9.17, 15) is 9.59 Å². The molecule has 0 radical (unpaired) electrons. The zero-order valence-electron chi connectivity index (χ0n) is 11.1. The number of carbonyl (C=O) groups excluding carboxylic acids is 2. The number of anilines is 1. The maximum absolute atomic E-state index is 12.1. The molecule has 2 N–H and O–H groups in total. The lowest BCUT2D eigenvalue weighted by Crippen LogP contribution is -2.40. The molecule has 3 rings (SSSR count). The fourth-order valence-electron chi connectivity index (χ4n) is 2.30. The summed E-state index contributed by atoms with van der Waals surface area (Å²) in [4.78, 5) is 27.7. The molecule has 0 saturated carbocycles. The highest BCUT2D eigenvalue weighted by Crippen LogP contribution is 2.28. The molecule has 2 heterocycles. The number of piperidine rings is 1. The van der Waals surface area contributed by atoms with Crippen molar-refractivity contribution < 1.29 is 9.59 Å². The summed E-state index contributed by atoms with van der Waals surface area (Å²) >= 11 is 1.47. The van der Waals surface area contributed by atoms with Gasteiger partial charge < -0.3 is 10.6 Å². The first kappa shape index (κ1) is 13.1. The van der Waals surface area contributed by atoms with E-state index in [-0.39, 0.29) is 17.7 Å².